The third-order valence-corrected chi connectivity index (χ3v) is 4.55. The van der Waals surface area contributed by atoms with Crippen LogP contribution in [0.4, 0.5) is 11.5 Å². The van der Waals surface area contributed by atoms with Crippen molar-refractivity contribution in [1.29, 1.82) is 0 Å². The quantitative estimate of drug-likeness (QED) is 0.818. The summed E-state index contributed by atoms with van der Waals surface area (Å²) in [5, 5.41) is 2.78. The molecule has 1 aliphatic heterocycles. The zero-order valence-electron chi connectivity index (χ0n) is 15.6. The number of rotatable bonds is 5. The normalized spacial score (nSPS) is 14.0. The van der Waals surface area contributed by atoms with Gasteiger partial charge in [0.25, 0.3) is 0 Å². The summed E-state index contributed by atoms with van der Waals surface area (Å²) in [5.41, 5.74) is 1.58. The Hall–Kier alpha value is -3.09. The summed E-state index contributed by atoms with van der Waals surface area (Å²) in [5.74, 6) is 0.982. The number of ether oxygens (including phenoxy) is 1. The van der Waals surface area contributed by atoms with Crippen LogP contribution in [0.15, 0.2) is 42.6 Å². The molecule has 7 heteroatoms. The van der Waals surface area contributed by atoms with E-state index in [2.05, 4.69) is 15.2 Å². The maximum atomic E-state index is 12.5. The number of hydrogen-bond donors (Lipinski definition) is 1. The summed E-state index contributed by atoms with van der Waals surface area (Å²) in [6.07, 6.45) is 1.58. The number of aromatic nitrogens is 1. The maximum Gasteiger partial charge on any atom is 0.233 e. The third-order valence-electron chi connectivity index (χ3n) is 4.55. The monoisotopic (exact) mass is 368 g/mol. The zero-order chi connectivity index (χ0) is 19.2. The molecule has 1 aliphatic rings. The average molecular weight is 368 g/mol. The predicted octanol–water partition coefficient (Wildman–Crippen LogP) is 2.08. The molecule has 27 heavy (non-hydrogen) atoms. The van der Waals surface area contributed by atoms with Crippen molar-refractivity contribution < 1.29 is 14.3 Å². The molecule has 0 bridgehead atoms. The SMILES string of the molecule is COc1ccc(C)cc1NC(=O)CC(=O)N1CCN(c2ccccn2)CC1. The molecule has 1 saturated heterocycles. The van der Waals surface area contributed by atoms with Crippen LogP contribution in [-0.4, -0.2) is 55.0 Å². The molecule has 7 nitrogen and oxygen atoms in total. The van der Waals surface area contributed by atoms with Crippen molar-refractivity contribution in [3.05, 3.63) is 48.2 Å². The van der Waals surface area contributed by atoms with E-state index >= 15 is 0 Å². The minimum atomic E-state index is -0.337. The number of hydrogen-bond acceptors (Lipinski definition) is 5. The maximum absolute atomic E-state index is 12.5. The molecule has 3 rings (SSSR count). The number of amides is 2. The fourth-order valence-corrected chi connectivity index (χ4v) is 3.09. The van der Waals surface area contributed by atoms with Crippen molar-refractivity contribution in [3.8, 4) is 5.75 Å². The first-order valence-electron chi connectivity index (χ1n) is 8.95. The number of anilines is 2. The fraction of sp³-hybridized carbons (Fsp3) is 0.350. The molecule has 0 atom stereocenters. The van der Waals surface area contributed by atoms with Crippen LogP contribution in [0.2, 0.25) is 0 Å². The molecule has 0 unspecified atom stereocenters. The first-order chi connectivity index (χ1) is 13.1. The number of aryl methyl sites for hydroxylation is 1. The van der Waals surface area contributed by atoms with Crippen LogP contribution in [0, 0.1) is 6.92 Å². The Balaban J connectivity index is 1.52. The lowest BCUT2D eigenvalue weighted by atomic mass is 10.2. The first kappa shape index (κ1) is 18.7. The van der Waals surface area contributed by atoms with E-state index in [-0.39, 0.29) is 18.2 Å². The van der Waals surface area contributed by atoms with Gasteiger partial charge in [0.2, 0.25) is 11.8 Å². The molecule has 142 valence electrons. The van der Waals surface area contributed by atoms with Gasteiger partial charge in [0.05, 0.1) is 12.8 Å². The van der Waals surface area contributed by atoms with Gasteiger partial charge in [0.1, 0.15) is 18.0 Å². The standard InChI is InChI=1S/C20H24N4O3/c1-15-6-7-17(27-2)16(13-15)22-19(25)14-20(26)24-11-9-23(10-12-24)18-5-3-4-8-21-18/h3-8,13H,9-12,14H2,1-2H3,(H,22,25). The largest absolute Gasteiger partial charge is 0.495 e. The van der Waals surface area contributed by atoms with Crippen molar-refractivity contribution in [2.45, 2.75) is 13.3 Å². The van der Waals surface area contributed by atoms with E-state index in [9.17, 15) is 9.59 Å². The van der Waals surface area contributed by atoms with Gasteiger partial charge in [0.15, 0.2) is 0 Å². The molecule has 1 fully saturated rings. The highest BCUT2D eigenvalue weighted by atomic mass is 16.5. The van der Waals surface area contributed by atoms with Gasteiger partial charge in [-0.3, -0.25) is 9.59 Å². The topological polar surface area (TPSA) is 74.8 Å². The Kier molecular flexibility index (Phi) is 5.90. The van der Waals surface area contributed by atoms with E-state index < -0.39 is 0 Å². The van der Waals surface area contributed by atoms with Gasteiger partial charge in [-0.05, 0) is 36.8 Å². The number of carbonyl (C=O) groups excluding carboxylic acids is 2. The zero-order valence-corrected chi connectivity index (χ0v) is 15.6. The number of benzene rings is 1. The van der Waals surface area contributed by atoms with Crippen molar-refractivity contribution in [2.24, 2.45) is 0 Å². The first-order valence-corrected chi connectivity index (χ1v) is 8.95. The minimum Gasteiger partial charge on any atom is -0.495 e. The van der Waals surface area contributed by atoms with Crippen LogP contribution >= 0.6 is 0 Å². The summed E-state index contributed by atoms with van der Waals surface area (Å²) in [4.78, 5) is 33.0. The summed E-state index contributed by atoms with van der Waals surface area (Å²) >= 11 is 0. The molecule has 0 aliphatic carbocycles. The molecule has 0 saturated carbocycles. The van der Waals surface area contributed by atoms with Gasteiger partial charge in [-0.1, -0.05) is 12.1 Å². The minimum absolute atomic E-state index is 0.167. The molecule has 2 heterocycles. The Morgan fingerprint density at radius 1 is 1.15 bits per heavy atom. The van der Waals surface area contributed by atoms with Crippen molar-refractivity contribution in [3.63, 3.8) is 0 Å². The lowest BCUT2D eigenvalue weighted by Gasteiger charge is -2.35. The highest BCUT2D eigenvalue weighted by Gasteiger charge is 2.23. The van der Waals surface area contributed by atoms with Crippen molar-refractivity contribution in [2.75, 3.05) is 43.5 Å². The number of nitrogens with one attached hydrogen (secondary N) is 1. The van der Waals surface area contributed by atoms with Gasteiger partial charge in [-0.2, -0.15) is 0 Å². The van der Waals surface area contributed by atoms with Gasteiger partial charge < -0.3 is 19.9 Å². The Labute approximate surface area is 158 Å². The molecule has 1 aromatic carbocycles. The van der Waals surface area contributed by atoms with Crippen LogP contribution in [0.25, 0.3) is 0 Å². The Morgan fingerprint density at radius 2 is 1.93 bits per heavy atom. The number of nitrogens with zero attached hydrogens (tertiary/aromatic N) is 3. The molecule has 1 aromatic heterocycles. The van der Waals surface area contributed by atoms with Crippen LogP contribution in [0.5, 0.6) is 5.75 Å². The van der Waals surface area contributed by atoms with Gasteiger partial charge in [0, 0.05) is 32.4 Å². The predicted molar refractivity (Wildman–Crippen MR) is 104 cm³/mol. The van der Waals surface area contributed by atoms with E-state index in [1.807, 2.05) is 37.3 Å². The van der Waals surface area contributed by atoms with Crippen LogP contribution < -0.4 is 15.0 Å². The molecule has 1 N–H and O–H groups in total. The summed E-state index contributed by atoms with van der Waals surface area (Å²) < 4.78 is 5.25. The van der Waals surface area contributed by atoms with E-state index in [4.69, 9.17) is 4.74 Å². The molecule has 2 amide bonds. The van der Waals surface area contributed by atoms with Crippen molar-refractivity contribution >= 4 is 23.3 Å². The van der Waals surface area contributed by atoms with E-state index in [1.165, 1.54) is 0 Å². The second-order valence-electron chi connectivity index (χ2n) is 6.48. The summed E-state index contributed by atoms with van der Waals surface area (Å²) in [6.45, 7) is 4.50. The summed E-state index contributed by atoms with van der Waals surface area (Å²) in [7, 11) is 1.55. The fourth-order valence-electron chi connectivity index (χ4n) is 3.09. The van der Waals surface area contributed by atoms with Gasteiger partial charge in [-0.15, -0.1) is 0 Å². The second kappa shape index (κ2) is 8.53. The smallest absolute Gasteiger partial charge is 0.233 e. The van der Waals surface area contributed by atoms with E-state index in [0.717, 1.165) is 11.4 Å². The van der Waals surface area contributed by atoms with Crippen LogP contribution in [0.1, 0.15) is 12.0 Å². The molecular weight excluding hydrogens is 344 g/mol. The third kappa shape index (κ3) is 4.75. The average Bonchev–Trinajstić information content (AvgIpc) is 2.69. The van der Waals surface area contributed by atoms with E-state index in [1.54, 1.807) is 24.3 Å². The Bertz CT molecular complexity index is 802. The molecule has 0 spiro atoms. The number of carbonyl (C=O) groups is 2. The molecule has 0 radical (unpaired) electrons. The molecular formula is C20H24N4O3. The number of methoxy groups -OCH3 is 1. The number of pyridine rings is 1. The van der Waals surface area contributed by atoms with Crippen LogP contribution in [0.3, 0.4) is 0 Å². The second-order valence-corrected chi connectivity index (χ2v) is 6.48. The number of piperazine rings is 1. The van der Waals surface area contributed by atoms with Gasteiger partial charge >= 0.3 is 0 Å². The Morgan fingerprint density at radius 3 is 2.59 bits per heavy atom. The van der Waals surface area contributed by atoms with Crippen LogP contribution in [-0.2, 0) is 9.59 Å². The lowest BCUT2D eigenvalue weighted by molar-refractivity contribution is -0.134. The van der Waals surface area contributed by atoms with E-state index in [0.29, 0.717) is 37.6 Å². The highest BCUT2D eigenvalue weighted by molar-refractivity contribution is 6.04. The summed E-state index contributed by atoms with van der Waals surface area (Å²) in [6, 6.07) is 11.3. The lowest BCUT2D eigenvalue weighted by Crippen LogP contribution is -2.49. The highest BCUT2D eigenvalue weighted by Crippen LogP contribution is 2.25. The van der Waals surface area contributed by atoms with Gasteiger partial charge in [-0.25, -0.2) is 4.98 Å². The van der Waals surface area contributed by atoms with Crippen molar-refractivity contribution in [1.82, 2.24) is 9.88 Å². The molecule has 2 aromatic rings.